The molecule has 0 atom stereocenters. The first-order valence-corrected chi connectivity index (χ1v) is 5.72. The van der Waals surface area contributed by atoms with E-state index in [4.69, 9.17) is 5.11 Å². The molecule has 0 saturated heterocycles. The second kappa shape index (κ2) is 8.50. The Morgan fingerprint density at radius 2 is 1.53 bits per heavy atom. The second-order valence-corrected chi connectivity index (χ2v) is 3.92. The standard InChI is InChI=1S/C10H12O2.C4H8O/c1-8(11)2-3-9-4-6-10(12)7-5-9;1-3-4(2)5/h4-7,12H,2-3H2,1H3;3H2,1-2H3. The third kappa shape index (κ3) is 9.30. The normalized spacial score (nSPS) is 9.12. The molecule has 0 bridgehead atoms. The molecule has 0 aliphatic rings. The van der Waals surface area contributed by atoms with Crippen molar-refractivity contribution in [3.8, 4) is 5.75 Å². The van der Waals surface area contributed by atoms with E-state index < -0.39 is 0 Å². The van der Waals surface area contributed by atoms with Gasteiger partial charge in [-0.05, 0) is 38.0 Å². The van der Waals surface area contributed by atoms with Gasteiger partial charge in [0.05, 0.1) is 0 Å². The Morgan fingerprint density at radius 3 is 1.88 bits per heavy atom. The topological polar surface area (TPSA) is 54.4 Å². The van der Waals surface area contributed by atoms with Crippen LogP contribution in [0, 0.1) is 0 Å². The van der Waals surface area contributed by atoms with Crippen molar-refractivity contribution in [3.05, 3.63) is 29.8 Å². The summed E-state index contributed by atoms with van der Waals surface area (Å²) in [6.07, 6.45) is 2.00. The van der Waals surface area contributed by atoms with Gasteiger partial charge in [0.2, 0.25) is 0 Å². The molecule has 0 aliphatic heterocycles. The first-order valence-electron chi connectivity index (χ1n) is 5.72. The van der Waals surface area contributed by atoms with Gasteiger partial charge in [-0.25, -0.2) is 0 Å². The molecule has 0 heterocycles. The molecule has 0 aliphatic carbocycles. The van der Waals surface area contributed by atoms with Crippen LogP contribution in [0.3, 0.4) is 0 Å². The third-order valence-corrected chi connectivity index (χ3v) is 2.20. The first-order chi connectivity index (χ1) is 7.95. The molecule has 0 amide bonds. The smallest absolute Gasteiger partial charge is 0.130 e. The summed E-state index contributed by atoms with van der Waals surface area (Å²) in [5.41, 5.74) is 1.09. The molecule has 0 unspecified atom stereocenters. The number of hydrogen-bond donors (Lipinski definition) is 1. The zero-order chi connectivity index (χ0) is 13.3. The number of phenolic OH excluding ortho intramolecular Hbond substituents is 1. The largest absolute Gasteiger partial charge is 0.508 e. The van der Waals surface area contributed by atoms with Crippen LogP contribution in [0.5, 0.6) is 5.75 Å². The zero-order valence-electron chi connectivity index (χ0n) is 10.7. The molecule has 0 aromatic heterocycles. The summed E-state index contributed by atoms with van der Waals surface area (Å²) in [6.45, 7) is 5.02. The lowest BCUT2D eigenvalue weighted by Gasteiger charge is -1.98. The van der Waals surface area contributed by atoms with Gasteiger partial charge < -0.3 is 14.7 Å². The average molecular weight is 236 g/mol. The summed E-state index contributed by atoms with van der Waals surface area (Å²) in [7, 11) is 0. The SMILES string of the molecule is CC(=O)CCc1ccc(O)cc1.CCC(C)=O. The van der Waals surface area contributed by atoms with Gasteiger partial charge in [-0.15, -0.1) is 0 Å². The summed E-state index contributed by atoms with van der Waals surface area (Å²) >= 11 is 0. The molecule has 0 spiro atoms. The molecule has 1 rings (SSSR count). The van der Waals surface area contributed by atoms with E-state index in [1.165, 1.54) is 0 Å². The molecule has 0 radical (unpaired) electrons. The van der Waals surface area contributed by atoms with Gasteiger partial charge in [-0.3, -0.25) is 0 Å². The van der Waals surface area contributed by atoms with Crippen LogP contribution in [0.2, 0.25) is 0 Å². The molecule has 1 N–H and O–H groups in total. The molecular formula is C14H20O3. The van der Waals surface area contributed by atoms with Crippen molar-refractivity contribution in [2.24, 2.45) is 0 Å². The molecule has 1 aromatic carbocycles. The van der Waals surface area contributed by atoms with Gasteiger partial charge >= 0.3 is 0 Å². The van der Waals surface area contributed by atoms with Crippen LogP contribution in [0.25, 0.3) is 0 Å². The number of aryl methyl sites for hydroxylation is 1. The third-order valence-electron chi connectivity index (χ3n) is 2.20. The molecule has 17 heavy (non-hydrogen) atoms. The summed E-state index contributed by atoms with van der Waals surface area (Å²) in [5, 5.41) is 8.97. The highest BCUT2D eigenvalue weighted by Crippen LogP contribution is 2.10. The lowest BCUT2D eigenvalue weighted by Crippen LogP contribution is -1.93. The fourth-order valence-corrected chi connectivity index (χ4v) is 0.983. The van der Waals surface area contributed by atoms with Crippen molar-refractivity contribution >= 4 is 11.6 Å². The second-order valence-electron chi connectivity index (χ2n) is 3.92. The predicted octanol–water partition coefficient (Wildman–Crippen LogP) is 2.90. The van der Waals surface area contributed by atoms with E-state index in [0.717, 1.165) is 12.0 Å². The lowest BCUT2D eigenvalue weighted by molar-refractivity contribution is -0.117. The van der Waals surface area contributed by atoms with Crippen LogP contribution < -0.4 is 0 Å². The summed E-state index contributed by atoms with van der Waals surface area (Å²) < 4.78 is 0. The number of carbonyl (C=O) groups is 2. The van der Waals surface area contributed by atoms with Crippen molar-refractivity contribution in [1.29, 1.82) is 0 Å². The van der Waals surface area contributed by atoms with Crippen LogP contribution in [0.15, 0.2) is 24.3 Å². The minimum Gasteiger partial charge on any atom is -0.508 e. The maximum atomic E-state index is 10.6. The number of phenols is 1. The average Bonchev–Trinajstić information content (AvgIpc) is 2.29. The van der Waals surface area contributed by atoms with Gasteiger partial charge in [-0.2, -0.15) is 0 Å². The molecule has 0 fully saturated rings. The fourth-order valence-electron chi connectivity index (χ4n) is 0.983. The minimum atomic E-state index is 0.197. The summed E-state index contributed by atoms with van der Waals surface area (Å²) in [6, 6.07) is 6.93. The molecule has 3 heteroatoms. The van der Waals surface area contributed by atoms with Crippen molar-refractivity contribution in [1.82, 2.24) is 0 Å². The van der Waals surface area contributed by atoms with Crippen LogP contribution >= 0.6 is 0 Å². The van der Waals surface area contributed by atoms with Crippen molar-refractivity contribution in [2.75, 3.05) is 0 Å². The molecule has 1 aromatic rings. The van der Waals surface area contributed by atoms with E-state index in [2.05, 4.69) is 0 Å². The van der Waals surface area contributed by atoms with E-state index in [1.807, 2.05) is 19.1 Å². The Labute approximate surface area is 102 Å². The van der Waals surface area contributed by atoms with E-state index in [0.29, 0.717) is 12.8 Å². The highest BCUT2D eigenvalue weighted by atomic mass is 16.3. The number of carbonyl (C=O) groups excluding carboxylic acids is 2. The van der Waals surface area contributed by atoms with E-state index in [9.17, 15) is 9.59 Å². The van der Waals surface area contributed by atoms with Crippen molar-refractivity contribution in [2.45, 2.75) is 40.0 Å². The maximum absolute atomic E-state index is 10.6. The van der Waals surface area contributed by atoms with Crippen molar-refractivity contribution in [3.63, 3.8) is 0 Å². The molecule has 3 nitrogen and oxygen atoms in total. The monoisotopic (exact) mass is 236 g/mol. The number of ketones is 2. The Hall–Kier alpha value is -1.64. The maximum Gasteiger partial charge on any atom is 0.130 e. The molecule has 94 valence electrons. The summed E-state index contributed by atoms with van der Waals surface area (Å²) in [5.74, 6) is 0.717. The Kier molecular flexibility index (Phi) is 7.68. The molecular weight excluding hydrogens is 216 g/mol. The zero-order valence-corrected chi connectivity index (χ0v) is 10.7. The van der Waals surface area contributed by atoms with E-state index >= 15 is 0 Å². The van der Waals surface area contributed by atoms with Crippen LogP contribution in [-0.2, 0) is 16.0 Å². The van der Waals surface area contributed by atoms with Gasteiger partial charge in [0, 0.05) is 12.8 Å². The highest BCUT2D eigenvalue weighted by Gasteiger charge is 1.96. The number of benzene rings is 1. The number of aromatic hydroxyl groups is 1. The van der Waals surface area contributed by atoms with Gasteiger partial charge in [0.25, 0.3) is 0 Å². The van der Waals surface area contributed by atoms with Gasteiger partial charge in [0.1, 0.15) is 17.3 Å². The van der Waals surface area contributed by atoms with Crippen LogP contribution in [0.1, 0.15) is 39.2 Å². The molecule has 0 saturated carbocycles. The number of Topliss-reactive ketones (excluding diaryl/α,β-unsaturated/α-hetero) is 2. The summed E-state index contributed by atoms with van der Waals surface area (Å²) in [4.78, 5) is 20.4. The first kappa shape index (κ1) is 15.4. The number of hydrogen-bond acceptors (Lipinski definition) is 3. The van der Waals surface area contributed by atoms with Gasteiger partial charge in [0.15, 0.2) is 0 Å². The minimum absolute atomic E-state index is 0.197. The van der Waals surface area contributed by atoms with Crippen LogP contribution in [0.4, 0.5) is 0 Å². The predicted molar refractivity (Wildman–Crippen MR) is 68.1 cm³/mol. The Morgan fingerprint density at radius 1 is 1.06 bits per heavy atom. The fraction of sp³-hybridized carbons (Fsp3) is 0.429. The van der Waals surface area contributed by atoms with E-state index in [-0.39, 0.29) is 17.3 Å². The number of rotatable bonds is 4. The lowest BCUT2D eigenvalue weighted by atomic mass is 10.1. The van der Waals surface area contributed by atoms with Crippen LogP contribution in [-0.4, -0.2) is 16.7 Å². The highest BCUT2D eigenvalue weighted by molar-refractivity contribution is 5.75. The quantitative estimate of drug-likeness (QED) is 0.874. The Balaban J connectivity index is 0.000000437. The Bertz CT molecular complexity index is 352. The van der Waals surface area contributed by atoms with E-state index in [1.54, 1.807) is 26.0 Å². The van der Waals surface area contributed by atoms with Crippen molar-refractivity contribution < 1.29 is 14.7 Å². The van der Waals surface area contributed by atoms with Gasteiger partial charge in [-0.1, -0.05) is 19.1 Å².